The Hall–Kier alpha value is -2.20. The van der Waals surface area contributed by atoms with Gasteiger partial charge in [0.1, 0.15) is 0 Å². The number of sulfonamides is 1. The molecule has 6 heteroatoms. The molecular weight excluding hydrogens is 324 g/mol. The molecule has 0 aliphatic heterocycles. The van der Waals surface area contributed by atoms with Gasteiger partial charge in [-0.1, -0.05) is 30.3 Å². The molecule has 0 fully saturated rings. The maximum Gasteiger partial charge on any atom is 0.240 e. The molecule has 2 aromatic rings. The largest absolute Gasteiger partial charge is 0.374 e. The van der Waals surface area contributed by atoms with Crippen LogP contribution in [-0.2, 0) is 14.8 Å². The summed E-state index contributed by atoms with van der Waals surface area (Å²) in [4.78, 5) is 0.153. The maximum atomic E-state index is 12.1. The van der Waals surface area contributed by atoms with E-state index < -0.39 is 10.0 Å². The topological polar surface area (TPSA) is 79.2 Å². The van der Waals surface area contributed by atoms with Gasteiger partial charge in [0.15, 0.2) is 0 Å². The number of nitrogens with zero attached hydrogens (tertiary/aromatic N) is 1. The monoisotopic (exact) mass is 344 g/mol. The van der Waals surface area contributed by atoms with Crippen LogP contribution in [0.15, 0.2) is 59.5 Å². The van der Waals surface area contributed by atoms with E-state index in [4.69, 9.17) is 10.00 Å². The summed E-state index contributed by atoms with van der Waals surface area (Å²) in [6, 6.07) is 17.6. The van der Waals surface area contributed by atoms with Gasteiger partial charge >= 0.3 is 0 Å². The molecule has 0 saturated carbocycles. The zero-order valence-corrected chi connectivity index (χ0v) is 14.3. The second kappa shape index (κ2) is 8.60. The van der Waals surface area contributed by atoms with Crippen molar-refractivity contribution in [1.29, 1.82) is 5.26 Å². The highest BCUT2D eigenvalue weighted by atomic mass is 32.2. The lowest BCUT2D eigenvalue weighted by molar-refractivity contribution is 0.0647. The van der Waals surface area contributed by atoms with Crippen LogP contribution in [0.25, 0.3) is 0 Å². The molecule has 24 heavy (non-hydrogen) atoms. The smallest absolute Gasteiger partial charge is 0.240 e. The third-order valence-corrected chi connectivity index (χ3v) is 5.02. The van der Waals surface area contributed by atoms with Gasteiger partial charge in [-0.05, 0) is 43.2 Å². The number of nitriles is 1. The van der Waals surface area contributed by atoms with E-state index in [1.165, 1.54) is 24.3 Å². The van der Waals surface area contributed by atoms with Crippen molar-refractivity contribution in [2.24, 2.45) is 0 Å². The van der Waals surface area contributed by atoms with Crippen LogP contribution in [0.5, 0.6) is 0 Å². The molecule has 2 rings (SSSR count). The Kier molecular flexibility index (Phi) is 6.50. The van der Waals surface area contributed by atoms with Gasteiger partial charge in [0.25, 0.3) is 0 Å². The summed E-state index contributed by atoms with van der Waals surface area (Å²) in [5, 5.41) is 8.73. The van der Waals surface area contributed by atoms with Crippen molar-refractivity contribution in [2.45, 2.75) is 24.3 Å². The lowest BCUT2D eigenvalue weighted by Crippen LogP contribution is -2.25. The number of benzene rings is 2. The van der Waals surface area contributed by atoms with Gasteiger partial charge in [-0.2, -0.15) is 5.26 Å². The van der Waals surface area contributed by atoms with Gasteiger partial charge in [-0.15, -0.1) is 0 Å². The Labute approximate surface area is 142 Å². The van der Waals surface area contributed by atoms with E-state index in [-0.39, 0.29) is 11.0 Å². The number of ether oxygens (including phenoxy) is 1. The average Bonchev–Trinajstić information content (AvgIpc) is 2.62. The van der Waals surface area contributed by atoms with Crippen LogP contribution in [0.3, 0.4) is 0 Å². The van der Waals surface area contributed by atoms with E-state index in [0.29, 0.717) is 25.1 Å². The summed E-state index contributed by atoms with van der Waals surface area (Å²) in [6.45, 7) is 2.73. The van der Waals surface area contributed by atoms with Crippen LogP contribution >= 0.6 is 0 Å². The first-order valence-corrected chi connectivity index (χ1v) is 9.17. The predicted octanol–water partition coefficient (Wildman–Crippen LogP) is 3.00. The van der Waals surface area contributed by atoms with Crippen molar-refractivity contribution in [3.63, 3.8) is 0 Å². The summed E-state index contributed by atoms with van der Waals surface area (Å²) in [7, 11) is -3.55. The van der Waals surface area contributed by atoms with Gasteiger partial charge in [0.05, 0.1) is 22.6 Å². The average molecular weight is 344 g/mol. The molecule has 1 atom stereocenters. The van der Waals surface area contributed by atoms with Crippen LogP contribution in [0, 0.1) is 11.3 Å². The fourth-order valence-electron chi connectivity index (χ4n) is 2.15. The Morgan fingerprint density at radius 2 is 1.79 bits per heavy atom. The number of hydrogen-bond donors (Lipinski definition) is 1. The van der Waals surface area contributed by atoms with Crippen LogP contribution in [0.2, 0.25) is 0 Å². The molecule has 0 spiro atoms. The first-order chi connectivity index (χ1) is 11.5. The fraction of sp³-hybridized carbons (Fsp3) is 0.278. The highest BCUT2D eigenvalue weighted by Crippen LogP contribution is 2.16. The van der Waals surface area contributed by atoms with Gasteiger partial charge in [0.2, 0.25) is 10.0 Å². The number of rotatable bonds is 8. The van der Waals surface area contributed by atoms with Crippen molar-refractivity contribution < 1.29 is 13.2 Å². The Morgan fingerprint density at radius 1 is 1.12 bits per heavy atom. The van der Waals surface area contributed by atoms with Crippen molar-refractivity contribution >= 4 is 10.0 Å². The summed E-state index contributed by atoms with van der Waals surface area (Å²) in [5.74, 6) is 0. The first-order valence-electron chi connectivity index (χ1n) is 7.69. The van der Waals surface area contributed by atoms with E-state index >= 15 is 0 Å². The molecule has 0 bridgehead atoms. The molecule has 0 amide bonds. The zero-order valence-electron chi connectivity index (χ0n) is 13.5. The summed E-state index contributed by atoms with van der Waals surface area (Å²) < 4.78 is 32.5. The van der Waals surface area contributed by atoms with Gasteiger partial charge in [-0.25, -0.2) is 13.1 Å². The van der Waals surface area contributed by atoms with Crippen LogP contribution in [-0.4, -0.2) is 21.6 Å². The molecule has 0 heterocycles. The van der Waals surface area contributed by atoms with Gasteiger partial charge in [0, 0.05) is 13.2 Å². The molecule has 0 aromatic heterocycles. The van der Waals surface area contributed by atoms with Crippen LogP contribution in [0.1, 0.15) is 30.6 Å². The highest BCUT2D eigenvalue weighted by molar-refractivity contribution is 7.89. The van der Waals surface area contributed by atoms with Crippen LogP contribution in [0.4, 0.5) is 0 Å². The first kappa shape index (κ1) is 18.1. The quantitative estimate of drug-likeness (QED) is 0.747. The molecule has 0 aliphatic carbocycles. The van der Waals surface area contributed by atoms with E-state index in [9.17, 15) is 8.42 Å². The van der Waals surface area contributed by atoms with Gasteiger partial charge in [-0.3, -0.25) is 0 Å². The summed E-state index contributed by atoms with van der Waals surface area (Å²) in [5.41, 5.74) is 1.52. The van der Waals surface area contributed by atoms with E-state index in [2.05, 4.69) is 4.72 Å². The van der Waals surface area contributed by atoms with E-state index in [1.54, 1.807) is 0 Å². The lowest BCUT2D eigenvalue weighted by Gasteiger charge is -2.13. The molecule has 0 saturated heterocycles. The molecule has 0 radical (unpaired) electrons. The molecular formula is C18H20N2O3S. The van der Waals surface area contributed by atoms with E-state index in [0.717, 1.165) is 5.56 Å². The minimum atomic E-state index is -3.55. The molecule has 5 nitrogen and oxygen atoms in total. The Balaban J connectivity index is 1.76. The molecule has 2 aromatic carbocycles. The molecule has 0 aliphatic rings. The summed E-state index contributed by atoms with van der Waals surface area (Å²) in [6.07, 6.45) is 0.550. The lowest BCUT2D eigenvalue weighted by atomic mass is 10.1. The predicted molar refractivity (Wildman–Crippen MR) is 91.8 cm³/mol. The number of hydrogen-bond acceptors (Lipinski definition) is 4. The number of nitrogens with one attached hydrogen (secondary N) is 1. The second-order valence-electron chi connectivity index (χ2n) is 5.31. The third-order valence-electron chi connectivity index (χ3n) is 3.54. The van der Waals surface area contributed by atoms with E-state index in [1.807, 2.05) is 43.3 Å². The Morgan fingerprint density at radius 3 is 2.42 bits per heavy atom. The standard InChI is InChI=1S/C18H20N2O3S/c1-15(17-6-3-2-4-7-17)23-13-5-12-20-24(21,22)18-10-8-16(14-19)9-11-18/h2-4,6-11,15,20H,5,12-13H2,1H3. The SMILES string of the molecule is CC(OCCCNS(=O)(=O)c1ccc(C#N)cc1)c1ccccc1. The normalized spacial score (nSPS) is 12.5. The van der Waals surface area contributed by atoms with Gasteiger partial charge < -0.3 is 4.74 Å². The summed E-state index contributed by atoms with van der Waals surface area (Å²) >= 11 is 0. The minimum Gasteiger partial charge on any atom is -0.374 e. The second-order valence-corrected chi connectivity index (χ2v) is 7.08. The highest BCUT2D eigenvalue weighted by Gasteiger charge is 2.13. The molecule has 1 unspecified atom stereocenters. The van der Waals surface area contributed by atoms with Crippen molar-refractivity contribution in [3.8, 4) is 6.07 Å². The third kappa shape index (κ3) is 5.17. The van der Waals surface area contributed by atoms with Crippen molar-refractivity contribution in [2.75, 3.05) is 13.2 Å². The maximum absolute atomic E-state index is 12.1. The minimum absolute atomic E-state index is 0.0265. The Bertz CT molecular complexity index is 781. The van der Waals surface area contributed by atoms with Crippen molar-refractivity contribution in [1.82, 2.24) is 4.72 Å². The fourth-order valence-corrected chi connectivity index (χ4v) is 3.23. The molecule has 126 valence electrons. The van der Waals surface area contributed by atoms with Crippen molar-refractivity contribution in [3.05, 3.63) is 65.7 Å². The zero-order chi connectivity index (χ0) is 17.4. The van der Waals surface area contributed by atoms with Crippen LogP contribution < -0.4 is 4.72 Å². The molecule has 1 N–H and O–H groups in total.